The Bertz CT molecular complexity index is 777. The van der Waals surface area contributed by atoms with Crippen molar-refractivity contribution < 1.29 is 29.3 Å². The first kappa shape index (κ1) is 18.5. The fourth-order valence-corrected chi connectivity index (χ4v) is 2.60. The number of benzene rings is 1. The second-order valence-electron chi connectivity index (χ2n) is 4.70. The molecule has 1 aromatic carbocycles. The number of aliphatic hydroxyl groups is 1. The number of carbonyl (C=O) groups is 2. The number of aromatic nitrogens is 1. The van der Waals surface area contributed by atoms with E-state index in [9.17, 15) is 14.7 Å². The van der Waals surface area contributed by atoms with Gasteiger partial charge in [0, 0.05) is 24.1 Å². The van der Waals surface area contributed by atoms with Gasteiger partial charge in [-0.3, -0.25) is 14.9 Å². The summed E-state index contributed by atoms with van der Waals surface area (Å²) < 4.78 is 10.1. The summed E-state index contributed by atoms with van der Waals surface area (Å²) in [4.78, 5) is 28.0. The topological polar surface area (TPSA) is 130 Å². The number of ether oxygens (including phenoxy) is 2. The largest absolute Gasteiger partial charge is 0.507 e. The predicted molar refractivity (Wildman–Crippen MR) is 90.7 cm³/mol. The molecular weight excluding hydrogens is 350 g/mol. The fourth-order valence-electron chi connectivity index (χ4n) is 1.91. The lowest BCUT2D eigenvalue weighted by molar-refractivity contribution is 0.0939. The van der Waals surface area contributed by atoms with Crippen molar-refractivity contribution in [3.63, 3.8) is 0 Å². The van der Waals surface area contributed by atoms with Gasteiger partial charge in [0.15, 0.2) is 16.6 Å². The second kappa shape index (κ2) is 8.31. The molecule has 2 amide bonds. The highest BCUT2D eigenvalue weighted by Crippen LogP contribution is 2.34. The number of aromatic hydroxyl groups is 1. The number of methoxy groups -OCH3 is 2. The highest BCUT2D eigenvalue weighted by atomic mass is 32.1. The van der Waals surface area contributed by atoms with Gasteiger partial charge in [-0.1, -0.05) is 0 Å². The first-order chi connectivity index (χ1) is 12.0. The number of hydrogen-bond acceptors (Lipinski definition) is 8. The highest BCUT2D eigenvalue weighted by molar-refractivity contribution is 7.14. The maximum absolute atomic E-state index is 12.3. The van der Waals surface area contributed by atoms with E-state index in [1.165, 1.54) is 31.7 Å². The monoisotopic (exact) mass is 367 g/mol. The van der Waals surface area contributed by atoms with Crippen LogP contribution in [0, 0.1) is 0 Å². The van der Waals surface area contributed by atoms with Crippen LogP contribution in [-0.2, 0) is 0 Å². The van der Waals surface area contributed by atoms with Crippen LogP contribution in [0.25, 0.3) is 0 Å². The summed E-state index contributed by atoms with van der Waals surface area (Å²) in [5.74, 6) is -0.787. The van der Waals surface area contributed by atoms with Crippen LogP contribution in [-0.4, -0.2) is 54.4 Å². The van der Waals surface area contributed by atoms with Crippen molar-refractivity contribution >= 4 is 28.3 Å². The van der Waals surface area contributed by atoms with E-state index in [0.717, 1.165) is 11.3 Å². The van der Waals surface area contributed by atoms with Crippen LogP contribution in [0.5, 0.6) is 17.2 Å². The van der Waals surface area contributed by atoms with Gasteiger partial charge in [-0.15, -0.1) is 11.3 Å². The van der Waals surface area contributed by atoms with Crippen LogP contribution in [0.3, 0.4) is 0 Å². The van der Waals surface area contributed by atoms with Crippen LogP contribution in [0.4, 0.5) is 5.13 Å². The minimum atomic E-state index is -0.616. The zero-order valence-corrected chi connectivity index (χ0v) is 14.3. The summed E-state index contributed by atoms with van der Waals surface area (Å²) >= 11 is 1.05. The quantitative estimate of drug-likeness (QED) is 0.570. The van der Waals surface area contributed by atoms with Gasteiger partial charge in [0.25, 0.3) is 11.8 Å². The van der Waals surface area contributed by atoms with Gasteiger partial charge in [0.2, 0.25) is 0 Å². The van der Waals surface area contributed by atoms with E-state index in [-0.39, 0.29) is 46.8 Å². The summed E-state index contributed by atoms with van der Waals surface area (Å²) in [5.41, 5.74) is 0.0874. The Balaban J connectivity index is 2.15. The van der Waals surface area contributed by atoms with Crippen molar-refractivity contribution in [2.75, 3.05) is 32.7 Å². The molecule has 2 aromatic rings. The molecule has 0 spiro atoms. The van der Waals surface area contributed by atoms with Gasteiger partial charge in [-0.25, -0.2) is 4.98 Å². The maximum atomic E-state index is 12.3. The number of anilines is 1. The molecule has 1 aromatic heterocycles. The molecule has 0 aliphatic heterocycles. The second-order valence-corrected chi connectivity index (χ2v) is 5.55. The van der Waals surface area contributed by atoms with E-state index in [2.05, 4.69) is 15.6 Å². The van der Waals surface area contributed by atoms with Crippen molar-refractivity contribution in [3.05, 3.63) is 28.8 Å². The molecule has 10 heteroatoms. The number of amides is 2. The number of thiazole rings is 1. The number of nitrogens with one attached hydrogen (secondary N) is 2. The molecule has 0 aliphatic carbocycles. The normalized spacial score (nSPS) is 10.2. The number of phenols is 1. The summed E-state index contributed by atoms with van der Waals surface area (Å²) in [6.45, 7) is -0.0738. The van der Waals surface area contributed by atoms with Gasteiger partial charge < -0.3 is 25.0 Å². The van der Waals surface area contributed by atoms with Gasteiger partial charge in [-0.2, -0.15) is 0 Å². The van der Waals surface area contributed by atoms with Crippen molar-refractivity contribution in [2.24, 2.45) is 0 Å². The lowest BCUT2D eigenvalue weighted by Gasteiger charge is -2.11. The number of rotatable bonds is 7. The average molecular weight is 367 g/mol. The summed E-state index contributed by atoms with van der Waals surface area (Å²) in [6.07, 6.45) is 0. The molecule has 0 fully saturated rings. The Labute approximate surface area is 147 Å². The summed E-state index contributed by atoms with van der Waals surface area (Å²) in [7, 11) is 2.82. The first-order valence-electron chi connectivity index (χ1n) is 7.11. The van der Waals surface area contributed by atoms with Crippen LogP contribution < -0.4 is 20.1 Å². The first-order valence-corrected chi connectivity index (χ1v) is 7.99. The predicted octanol–water partition coefficient (Wildman–Crippen LogP) is 0.840. The van der Waals surface area contributed by atoms with Crippen molar-refractivity contribution in [3.8, 4) is 17.2 Å². The molecule has 0 saturated carbocycles. The molecule has 0 radical (unpaired) electrons. The van der Waals surface area contributed by atoms with E-state index in [1.807, 2.05) is 0 Å². The lowest BCUT2D eigenvalue weighted by atomic mass is 10.1. The molecule has 9 nitrogen and oxygen atoms in total. The molecule has 0 aliphatic rings. The summed E-state index contributed by atoms with van der Waals surface area (Å²) in [6, 6.07) is 2.61. The van der Waals surface area contributed by atoms with Gasteiger partial charge >= 0.3 is 0 Å². The molecule has 0 unspecified atom stereocenters. The van der Waals surface area contributed by atoms with Crippen LogP contribution in [0.1, 0.15) is 20.8 Å². The third-order valence-corrected chi connectivity index (χ3v) is 3.86. The Morgan fingerprint density at radius 1 is 1.20 bits per heavy atom. The minimum Gasteiger partial charge on any atom is -0.507 e. The van der Waals surface area contributed by atoms with Crippen molar-refractivity contribution in [2.45, 2.75) is 0 Å². The lowest BCUT2D eigenvalue weighted by Crippen LogP contribution is -2.26. The fraction of sp³-hybridized carbons (Fsp3) is 0.267. The van der Waals surface area contributed by atoms with E-state index in [0.29, 0.717) is 0 Å². The van der Waals surface area contributed by atoms with Crippen LogP contribution >= 0.6 is 11.3 Å². The smallest absolute Gasteiger partial charge is 0.270 e. The van der Waals surface area contributed by atoms with Crippen molar-refractivity contribution in [1.29, 1.82) is 0 Å². The molecule has 0 bridgehead atoms. The molecule has 2 rings (SSSR count). The molecule has 134 valence electrons. The van der Waals surface area contributed by atoms with E-state index in [4.69, 9.17) is 14.6 Å². The van der Waals surface area contributed by atoms with Crippen LogP contribution in [0.2, 0.25) is 0 Å². The molecule has 4 N–H and O–H groups in total. The Hall–Kier alpha value is -2.85. The zero-order chi connectivity index (χ0) is 18.4. The Morgan fingerprint density at radius 2 is 1.88 bits per heavy atom. The number of aliphatic hydroxyl groups excluding tert-OH is 1. The average Bonchev–Trinajstić information content (AvgIpc) is 3.07. The molecule has 25 heavy (non-hydrogen) atoms. The molecule has 0 saturated heterocycles. The van der Waals surface area contributed by atoms with Crippen LogP contribution in [0.15, 0.2) is 17.5 Å². The number of carbonyl (C=O) groups excluding carboxylic acids is 2. The maximum Gasteiger partial charge on any atom is 0.270 e. The minimum absolute atomic E-state index is 0.0286. The third-order valence-electron chi connectivity index (χ3n) is 3.10. The van der Waals surface area contributed by atoms with Gasteiger partial charge in [0.05, 0.1) is 26.4 Å². The van der Waals surface area contributed by atoms with Gasteiger partial charge in [-0.05, 0) is 0 Å². The van der Waals surface area contributed by atoms with E-state index >= 15 is 0 Å². The number of phenolic OH excluding ortho intramolecular Hbond substituents is 1. The standard InChI is InChI=1S/C15H17N3O6S/c1-23-11-5-8(10(20)6-12(11)24-2)13(21)18-15-17-9(7-25-15)14(22)16-3-4-19/h5-7,19-20H,3-4H2,1-2H3,(H,16,22)(H,17,18,21). The summed E-state index contributed by atoms with van der Waals surface area (Å²) in [5, 5.41) is 25.3. The van der Waals surface area contributed by atoms with E-state index in [1.54, 1.807) is 0 Å². The Morgan fingerprint density at radius 3 is 2.52 bits per heavy atom. The molecular formula is C15H17N3O6S. The van der Waals surface area contributed by atoms with Gasteiger partial charge in [0.1, 0.15) is 11.4 Å². The third kappa shape index (κ3) is 4.37. The van der Waals surface area contributed by atoms with Crippen molar-refractivity contribution in [1.82, 2.24) is 10.3 Å². The van der Waals surface area contributed by atoms with E-state index < -0.39 is 11.8 Å². The highest BCUT2D eigenvalue weighted by Gasteiger charge is 2.18. The SMILES string of the molecule is COc1cc(O)c(C(=O)Nc2nc(C(=O)NCCO)cs2)cc1OC. The molecule has 0 atom stereocenters. The molecule has 1 heterocycles. The Kier molecular flexibility index (Phi) is 6.14. The zero-order valence-electron chi connectivity index (χ0n) is 13.5. The number of nitrogens with zero attached hydrogens (tertiary/aromatic N) is 1. The number of hydrogen-bond donors (Lipinski definition) is 4.